The minimum atomic E-state index is -1.07. The van der Waals surface area contributed by atoms with Crippen LogP contribution >= 0.6 is 11.6 Å². The molecule has 4 saturated carbocycles. The molecule has 6 heteroatoms. The van der Waals surface area contributed by atoms with Gasteiger partial charge in [0.15, 0.2) is 0 Å². The third-order valence-electron chi connectivity index (χ3n) is 15.5. The fourth-order valence-corrected chi connectivity index (χ4v) is 12.7. The van der Waals surface area contributed by atoms with Crippen LogP contribution in [0.5, 0.6) is 0 Å². The zero-order valence-corrected chi connectivity index (χ0v) is 31.9. The number of nitrogens with zero attached hydrogens (tertiary/aromatic N) is 1. The predicted octanol–water partition coefficient (Wildman–Crippen LogP) is 9.39. The second-order valence-electron chi connectivity index (χ2n) is 18.7. The first-order valence-electron chi connectivity index (χ1n) is 19.7. The number of benzene rings is 1. The summed E-state index contributed by atoms with van der Waals surface area (Å²) >= 11 is 6.12. The summed E-state index contributed by atoms with van der Waals surface area (Å²) in [5.41, 5.74) is 0.172. The van der Waals surface area contributed by atoms with Gasteiger partial charge in [-0.05, 0) is 134 Å². The summed E-state index contributed by atoms with van der Waals surface area (Å²) in [4.78, 5) is 29.3. The Balaban J connectivity index is 1.04. The summed E-state index contributed by atoms with van der Waals surface area (Å²) in [5.74, 6) is 4.77. The zero-order valence-electron chi connectivity index (χ0n) is 31.1. The van der Waals surface area contributed by atoms with Gasteiger partial charge in [0, 0.05) is 29.9 Å². The fraction of sp³-hybridized carbons (Fsp3) is 0.810. The van der Waals surface area contributed by atoms with Gasteiger partial charge in [0.25, 0.3) is 0 Å². The van der Waals surface area contributed by atoms with Crippen molar-refractivity contribution >= 4 is 23.4 Å². The second-order valence-corrected chi connectivity index (χ2v) is 19.1. The molecular formula is C42H65ClN2O3. The molecule has 1 aliphatic heterocycles. The standard InChI is InChI=1S/C42H65ClN2O3/c1-27(2)37(38(47)45-25-24-42(48,39(4,5)26-45)30-12-15-31(43)16-13-30)44-36(46)20-11-28(3)33-18-19-34-32-17-14-29-10-8-9-22-40(29,6)35(32)21-23-41(33,34)7/h12-13,15-16,27-29,32-35,37,48H,8-11,14,17-26H2,1-7H3,(H,44,46)/t28-,29-,32-,33+,34+,35+,37+,40-,41+,42-/m0/s1. The molecule has 268 valence electrons. The lowest BCUT2D eigenvalue weighted by Gasteiger charge is -2.61. The first-order valence-corrected chi connectivity index (χ1v) is 20.0. The van der Waals surface area contributed by atoms with Crippen molar-refractivity contribution in [1.82, 2.24) is 10.2 Å². The summed E-state index contributed by atoms with van der Waals surface area (Å²) in [6.45, 7) is 16.6. The highest BCUT2D eigenvalue weighted by atomic mass is 35.5. The fourth-order valence-electron chi connectivity index (χ4n) is 12.6. The smallest absolute Gasteiger partial charge is 0.245 e. The van der Waals surface area contributed by atoms with Gasteiger partial charge in [-0.2, -0.15) is 0 Å². The first kappa shape index (κ1) is 36.2. The highest BCUT2D eigenvalue weighted by Crippen LogP contribution is 2.68. The maximum Gasteiger partial charge on any atom is 0.245 e. The van der Waals surface area contributed by atoms with E-state index in [2.05, 4.69) is 26.1 Å². The third kappa shape index (κ3) is 6.28. The van der Waals surface area contributed by atoms with Gasteiger partial charge in [-0.25, -0.2) is 0 Å². The van der Waals surface area contributed by atoms with E-state index >= 15 is 0 Å². The maximum absolute atomic E-state index is 13.9. The van der Waals surface area contributed by atoms with Crippen molar-refractivity contribution in [3.63, 3.8) is 0 Å². The molecule has 10 atom stereocenters. The average molecular weight is 681 g/mol. The molecule has 1 aromatic rings. The molecule has 0 unspecified atom stereocenters. The molecule has 0 bridgehead atoms. The Morgan fingerprint density at radius 1 is 0.896 bits per heavy atom. The minimum absolute atomic E-state index is 0.00482. The molecular weight excluding hydrogens is 616 g/mol. The Hall–Kier alpha value is -1.59. The van der Waals surface area contributed by atoms with Gasteiger partial charge >= 0.3 is 0 Å². The van der Waals surface area contributed by atoms with Gasteiger partial charge in [-0.3, -0.25) is 9.59 Å². The Labute approximate surface area is 296 Å². The predicted molar refractivity (Wildman–Crippen MR) is 195 cm³/mol. The van der Waals surface area contributed by atoms with E-state index in [1.165, 1.54) is 64.2 Å². The molecule has 5 aliphatic rings. The number of aliphatic hydroxyl groups is 1. The molecule has 5 nitrogen and oxygen atoms in total. The number of fused-ring (bicyclic) bond motifs is 5. The van der Waals surface area contributed by atoms with E-state index in [0.29, 0.717) is 53.6 Å². The van der Waals surface area contributed by atoms with Crippen LogP contribution in [0.15, 0.2) is 24.3 Å². The van der Waals surface area contributed by atoms with Gasteiger partial charge in [0.1, 0.15) is 6.04 Å². The highest BCUT2D eigenvalue weighted by Gasteiger charge is 2.60. The molecule has 1 aromatic carbocycles. The molecule has 48 heavy (non-hydrogen) atoms. The van der Waals surface area contributed by atoms with Gasteiger partial charge < -0.3 is 15.3 Å². The molecule has 0 aromatic heterocycles. The molecule has 6 rings (SSSR count). The third-order valence-corrected chi connectivity index (χ3v) is 15.8. The number of nitrogens with one attached hydrogen (secondary N) is 1. The van der Waals surface area contributed by atoms with Crippen molar-refractivity contribution in [3.05, 3.63) is 34.9 Å². The van der Waals surface area contributed by atoms with Crippen molar-refractivity contribution in [3.8, 4) is 0 Å². The van der Waals surface area contributed by atoms with E-state index in [0.717, 1.165) is 35.7 Å². The largest absolute Gasteiger partial charge is 0.384 e. The Morgan fingerprint density at radius 2 is 1.60 bits per heavy atom. The van der Waals surface area contributed by atoms with Crippen LogP contribution in [0.4, 0.5) is 0 Å². The van der Waals surface area contributed by atoms with Gasteiger partial charge in [-0.15, -0.1) is 0 Å². The number of likely N-dealkylation sites (tertiary alicyclic amines) is 1. The molecule has 4 aliphatic carbocycles. The topological polar surface area (TPSA) is 69.6 Å². The van der Waals surface area contributed by atoms with Crippen LogP contribution in [0.3, 0.4) is 0 Å². The maximum atomic E-state index is 13.9. The molecule has 5 fully saturated rings. The number of hydrogen-bond donors (Lipinski definition) is 2. The number of hydrogen-bond acceptors (Lipinski definition) is 3. The number of carbonyl (C=O) groups excluding carboxylic acids is 2. The van der Waals surface area contributed by atoms with Crippen molar-refractivity contribution in [2.75, 3.05) is 13.1 Å². The van der Waals surface area contributed by atoms with Crippen molar-refractivity contribution < 1.29 is 14.7 Å². The van der Waals surface area contributed by atoms with E-state index in [9.17, 15) is 14.7 Å². The summed E-state index contributed by atoms with van der Waals surface area (Å²) < 4.78 is 0. The summed E-state index contributed by atoms with van der Waals surface area (Å²) in [6.07, 6.45) is 16.0. The van der Waals surface area contributed by atoms with Gasteiger partial charge in [0.05, 0.1) is 5.60 Å². The van der Waals surface area contributed by atoms with Gasteiger partial charge in [-0.1, -0.05) is 85.0 Å². The summed E-state index contributed by atoms with van der Waals surface area (Å²) in [5, 5.41) is 15.6. The zero-order chi connectivity index (χ0) is 34.6. The molecule has 0 radical (unpaired) electrons. The average Bonchev–Trinajstić information content (AvgIpc) is 3.40. The molecule has 1 saturated heterocycles. The number of piperidine rings is 1. The van der Waals surface area contributed by atoms with Crippen LogP contribution in [0.2, 0.25) is 5.02 Å². The lowest BCUT2D eigenvalue weighted by atomic mass is 9.44. The minimum Gasteiger partial charge on any atom is -0.384 e. The number of rotatable bonds is 8. The van der Waals surface area contributed by atoms with E-state index in [4.69, 9.17) is 11.6 Å². The van der Waals surface area contributed by atoms with Crippen molar-refractivity contribution in [2.24, 2.45) is 57.7 Å². The van der Waals surface area contributed by atoms with Crippen molar-refractivity contribution in [1.29, 1.82) is 0 Å². The van der Waals surface area contributed by atoms with E-state index in [-0.39, 0.29) is 17.7 Å². The lowest BCUT2D eigenvalue weighted by molar-refractivity contribution is -0.156. The molecule has 0 spiro atoms. The number of amides is 2. The quantitative estimate of drug-likeness (QED) is 0.287. The van der Waals surface area contributed by atoms with Crippen LogP contribution in [0.1, 0.15) is 138 Å². The Bertz CT molecular complexity index is 1330. The second kappa shape index (κ2) is 13.5. The Kier molecular flexibility index (Phi) is 10.2. The SMILES string of the molecule is CC(C)[C@@H](NC(=O)CC[C@H](C)[C@H]1CC[C@@H]2[C@@H]3CC[C@@H]4CCCC[C@]4(C)[C@@H]3CC[C@@]21C)C(=O)N1CC[C@](O)(c2ccc(Cl)cc2)C(C)(C)C1. The normalized spacial score (nSPS) is 38.8. The van der Waals surface area contributed by atoms with Crippen LogP contribution in [0.25, 0.3) is 0 Å². The summed E-state index contributed by atoms with van der Waals surface area (Å²) in [7, 11) is 0. The molecule has 2 amide bonds. The Morgan fingerprint density at radius 3 is 2.29 bits per heavy atom. The lowest BCUT2D eigenvalue weighted by Crippen LogP contribution is -2.60. The van der Waals surface area contributed by atoms with Gasteiger partial charge in [0.2, 0.25) is 11.8 Å². The first-order chi connectivity index (χ1) is 22.6. The number of halogens is 1. The van der Waals surface area contributed by atoms with Crippen LogP contribution < -0.4 is 5.32 Å². The van der Waals surface area contributed by atoms with E-state index < -0.39 is 17.1 Å². The highest BCUT2D eigenvalue weighted by molar-refractivity contribution is 6.30. The van der Waals surface area contributed by atoms with Crippen LogP contribution in [0, 0.1) is 57.7 Å². The van der Waals surface area contributed by atoms with Crippen molar-refractivity contribution in [2.45, 2.75) is 144 Å². The van der Waals surface area contributed by atoms with E-state index in [1.54, 1.807) is 0 Å². The molecule has 1 heterocycles. The van der Waals surface area contributed by atoms with Crippen LogP contribution in [-0.2, 0) is 15.2 Å². The molecule has 2 N–H and O–H groups in total. The number of carbonyl (C=O) groups is 2. The van der Waals surface area contributed by atoms with E-state index in [1.807, 2.05) is 56.9 Å². The monoisotopic (exact) mass is 680 g/mol. The summed E-state index contributed by atoms with van der Waals surface area (Å²) in [6, 6.07) is 6.83. The van der Waals surface area contributed by atoms with Crippen LogP contribution in [-0.4, -0.2) is 41.0 Å².